The average molecular weight is 477 g/mol. The molecule has 0 aliphatic carbocycles. The van der Waals surface area contributed by atoms with E-state index in [2.05, 4.69) is 22.5 Å². The van der Waals surface area contributed by atoms with E-state index in [9.17, 15) is 9.59 Å². The van der Waals surface area contributed by atoms with Gasteiger partial charge in [0.15, 0.2) is 5.82 Å². The maximum atomic E-state index is 13.4. The molecule has 0 radical (unpaired) electrons. The van der Waals surface area contributed by atoms with Gasteiger partial charge >= 0.3 is 6.09 Å². The Kier molecular flexibility index (Phi) is 5.80. The Bertz CT molecular complexity index is 1440. The van der Waals surface area contributed by atoms with Crippen LogP contribution in [0.3, 0.4) is 0 Å². The van der Waals surface area contributed by atoms with Crippen LogP contribution in [0.15, 0.2) is 36.5 Å². The number of carbonyl (C=O) groups excluding carboxylic acids is 2. The lowest BCUT2D eigenvalue weighted by molar-refractivity contribution is 0.0373. The third-order valence-electron chi connectivity index (χ3n) is 6.55. The summed E-state index contributed by atoms with van der Waals surface area (Å²) in [4.78, 5) is 35.7. The van der Waals surface area contributed by atoms with E-state index in [0.717, 1.165) is 41.0 Å². The Labute approximate surface area is 202 Å². The summed E-state index contributed by atoms with van der Waals surface area (Å²) >= 11 is 0. The zero-order valence-electron chi connectivity index (χ0n) is 20.0. The summed E-state index contributed by atoms with van der Waals surface area (Å²) in [7, 11) is 3.52. The molecule has 35 heavy (non-hydrogen) atoms. The number of hydrogen-bond acceptors (Lipinski definition) is 6. The number of piperidine rings is 1. The summed E-state index contributed by atoms with van der Waals surface area (Å²) in [5, 5.41) is 1.04. The van der Waals surface area contributed by atoms with Crippen LogP contribution in [0.1, 0.15) is 30.1 Å². The number of hydrogen-bond donors (Lipinski definition) is 1. The molecule has 1 saturated heterocycles. The molecule has 0 unspecified atom stereocenters. The monoisotopic (exact) mass is 476 g/mol. The number of primary amides is 1. The lowest BCUT2D eigenvalue weighted by atomic mass is 10.1. The number of nitrogens with zero attached hydrogens (tertiary/aromatic N) is 5. The number of fused-ring (bicyclic) bond motifs is 2. The van der Waals surface area contributed by atoms with Gasteiger partial charge < -0.3 is 29.2 Å². The summed E-state index contributed by atoms with van der Waals surface area (Å²) in [5.74, 6) is 1.16. The van der Waals surface area contributed by atoms with Gasteiger partial charge in [-0.1, -0.05) is 0 Å². The highest BCUT2D eigenvalue weighted by atomic mass is 16.6. The zero-order valence-corrected chi connectivity index (χ0v) is 20.0. The molecule has 2 amide bonds. The Hall–Kier alpha value is -4.08. The number of methoxy groups -OCH3 is 1. The molecule has 1 atom stereocenters. The van der Waals surface area contributed by atoms with Gasteiger partial charge in [-0.3, -0.25) is 4.79 Å². The van der Waals surface area contributed by atoms with Crippen molar-refractivity contribution in [3.05, 3.63) is 42.1 Å². The van der Waals surface area contributed by atoms with E-state index in [-0.39, 0.29) is 5.91 Å². The Morgan fingerprint density at radius 2 is 2.09 bits per heavy atom. The molecule has 2 N–H and O–H groups in total. The van der Waals surface area contributed by atoms with Crippen LogP contribution in [-0.4, -0.2) is 62.3 Å². The molecule has 0 saturated carbocycles. The first-order valence-electron chi connectivity index (χ1n) is 11.7. The SMILES string of the molecule is CCn1c(-c2nc3cc(C(=O)N4CCC[C@@H](OC(N)=O)C4)cc(OC)c3n2C)cc2cccnc21. The lowest BCUT2D eigenvalue weighted by Gasteiger charge is -2.32. The molecule has 0 bridgehead atoms. The zero-order chi connectivity index (χ0) is 24.7. The molecule has 1 aliphatic rings. The van der Waals surface area contributed by atoms with Crippen LogP contribution in [0.4, 0.5) is 4.79 Å². The first-order chi connectivity index (χ1) is 16.9. The van der Waals surface area contributed by atoms with Crippen LogP contribution in [0.2, 0.25) is 0 Å². The maximum absolute atomic E-state index is 13.4. The summed E-state index contributed by atoms with van der Waals surface area (Å²) in [5.41, 5.74) is 8.94. The highest BCUT2D eigenvalue weighted by Crippen LogP contribution is 2.34. The summed E-state index contributed by atoms with van der Waals surface area (Å²) in [6, 6.07) is 9.57. The number of aryl methyl sites for hydroxylation is 2. The molecule has 10 heteroatoms. The Morgan fingerprint density at radius 1 is 1.26 bits per heavy atom. The summed E-state index contributed by atoms with van der Waals surface area (Å²) < 4.78 is 14.9. The first-order valence-corrected chi connectivity index (χ1v) is 11.7. The number of carbonyl (C=O) groups is 2. The number of benzene rings is 1. The molecule has 1 aliphatic heterocycles. The van der Waals surface area contributed by atoms with Crippen LogP contribution < -0.4 is 10.5 Å². The van der Waals surface area contributed by atoms with E-state index >= 15 is 0 Å². The van der Waals surface area contributed by atoms with Crippen LogP contribution in [0, 0.1) is 0 Å². The van der Waals surface area contributed by atoms with Crippen molar-refractivity contribution in [1.82, 2.24) is 24.0 Å². The van der Waals surface area contributed by atoms with Crippen molar-refractivity contribution in [1.29, 1.82) is 0 Å². The van der Waals surface area contributed by atoms with Crippen molar-refractivity contribution >= 4 is 34.1 Å². The minimum absolute atomic E-state index is 0.165. The predicted octanol–water partition coefficient (Wildman–Crippen LogP) is 3.32. The van der Waals surface area contributed by atoms with Gasteiger partial charge in [-0.05, 0) is 50.1 Å². The Morgan fingerprint density at radius 3 is 2.83 bits per heavy atom. The van der Waals surface area contributed by atoms with Gasteiger partial charge in [0, 0.05) is 37.3 Å². The number of likely N-dealkylation sites (tertiary alicyclic amines) is 1. The van der Waals surface area contributed by atoms with E-state index in [1.54, 1.807) is 30.3 Å². The second-order valence-electron chi connectivity index (χ2n) is 8.68. The van der Waals surface area contributed by atoms with Crippen LogP contribution in [0.5, 0.6) is 5.75 Å². The molecular formula is C25H28N6O4. The number of rotatable bonds is 5. The van der Waals surface area contributed by atoms with Crippen LogP contribution in [0.25, 0.3) is 33.6 Å². The van der Waals surface area contributed by atoms with Gasteiger partial charge in [-0.2, -0.15) is 0 Å². The number of aromatic nitrogens is 4. The van der Waals surface area contributed by atoms with Crippen molar-refractivity contribution in [3.63, 3.8) is 0 Å². The second kappa shape index (κ2) is 8.94. The topological polar surface area (TPSA) is 117 Å². The fraction of sp³-hybridized carbons (Fsp3) is 0.360. The molecule has 3 aromatic heterocycles. The Balaban J connectivity index is 1.56. The standard InChI is InChI=1S/C25H28N6O4/c1-4-31-19(12-15-7-5-9-27-22(15)31)23-28-18-11-16(13-20(34-3)21(18)29(23)2)24(32)30-10-6-8-17(14-30)35-25(26)33/h5,7,9,11-13,17H,4,6,8,10,14H2,1-3H3,(H2,26,33)/t17-/m1/s1. The summed E-state index contributed by atoms with van der Waals surface area (Å²) in [6.45, 7) is 3.70. The van der Waals surface area contributed by atoms with E-state index < -0.39 is 12.2 Å². The molecule has 182 valence electrons. The van der Waals surface area contributed by atoms with Gasteiger partial charge in [0.1, 0.15) is 23.0 Å². The van der Waals surface area contributed by atoms with E-state index in [1.807, 2.05) is 23.7 Å². The van der Waals surface area contributed by atoms with E-state index in [1.165, 1.54) is 0 Å². The van der Waals surface area contributed by atoms with Crippen LogP contribution in [-0.2, 0) is 18.3 Å². The lowest BCUT2D eigenvalue weighted by Crippen LogP contribution is -2.44. The largest absolute Gasteiger partial charge is 0.494 e. The molecule has 10 nitrogen and oxygen atoms in total. The second-order valence-corrected chi connectivity index (χ2v) is 8.68. The highest BCUT2D eigenvalue weighted by molar-refractivity contribution is 6.00. The van der Waals surface area contributed by atoms with E-state index in [4.69, 9.17) is 20.2 Å². The van der Waals surface area contributed by atoms with Crippen molar-refractivity contribution in [3.8, 4) is 17.3 Å². The molecule has 1 aromatic carbocycles. The quantitative estimate of drug-likeness (QED) is 0.472. The smallest absolute Gasteiger partial charge is 0.404 e. The fourth-order valence-corrected chi connectivity index (χ4v) is 4.98. The molecular weight excluding hydrogens is 448 g/mol. The number of imidazole rings is 1. The third-order valence-corrected chi connectivity index (χ3v) is 6.55. The normalized spacial score (nSPS) is 16.1. The summed E-state index contributed by atoms with van der Waals surface area (Å²) in [6.07, 6.45) is 1.97. The minimum Gasteiger partial charge on any atom is -0.494 e. The average Bonchev–Trinajstić information content (AvgIpc) is 3.39. The predicted molar refractivity (Wildman–Crippen MR) is 131 cm³/mol. The molecule has 4 aromatic rings. The van der Waals surface area contributed by atoms with Crippen molar-refractivity contribution < 1.29 is 19.1 Å². The van der Waals surface area contributed by atoms with Gasteiger partial charge in [-0.25, -0.2) is 14.8 Å². The number of ether oxygens (including phenoxy) is 2. The fourth-order valence-electron chi connectivity index (χ4n) is 4.98. The highest BCUT2D eigenvalue weighted by Gasteiger charge is 2.28. The van der Waals surface area contributed by atoms with Crippen molar-refractivity contribution in [2.75, 3.05) is 20.2 Å². The minimum atomic E-state index is -0.826. The number of amides is 2. The van der Waals surface area contributed by atoms with Gasteiger partial charge in [-0.15, -0.1) is 0 Å². The molecule has 4 heterocycles. The molecule has 0 spiro atoms. The number of pyridine rings is 1. The van der Waals surface area contributed by atoms with Crippen molar-refractivity contribution in [2.45, 2.75) is 32.4 Å². The van der Waals surface area contributed by atoms with Gasteiger partial charge in [0.2, 0.25) is 0 Å². The van der Waals surface area contributed by atoms with E-state index in [0.29, 0.717) is 36.3 Å². The number of nitrogens with two attached hydrogens (primary N) is 1. The van der Waals surface area contributed by atoms with Crippen molar-refractivity contribution in [2.24, 2.45) is 12.8 Å². The third kappa shape index (κ3) is 3.94. The van der Waals surface area contributed by atoms with Crippen LogP contribution >= 0.6 is 0 Å². The molecule has 5 rings (SSSR count). The molecule has 1 fully saturated rings. The van der Waals surface area contributed by atoms with Gasteiger partial charge in [0.25, 0.3) is 5.91 Å². The first kappa shape index (κ1) is 22.7. The van der Waals surface area contributed by atoms with Gasteiger partial charge in [0.05, 0.1) is 24.9 Å². The maximum Gasteiger partial charge on any atom is 0.404 e.